The predicted molar refractivity (Wildman–Crippen MR) is 71.5 cm³/mol. The summed E-state index contributed by atoms with van der Waals surface area (Å²) in [4.78, 5) is 27.4. The third-order valence-corrected chi connectivity index (χ3v) is 3.67. The Kier molecular flexibility index (Phi) is 2.66. The Hall–Kier alpha value is -2.10. The molecule has 19 heavy (non-hydrogen) atoms. The largest absolute Gasteiger partial charge is 0.465 e. The lowest BCUT2D eigenvalue weighted by Crippen LogP contribution is -2.17. The summed E-state index contributed by atoms with van der Waals surface area (Å²) in [7, 11) is 1.35. The lowest BCUT2D eigenvalue weighted by Gasteiger charge is -2.17. The van der Waals surface area contributed by atoms with Crippen molar-refractivity contribution in [3.63, 3.8) is 0 Å². The van der Waals surface area contributed by atoms with E-state index in [-0.39, 0.29) is 5.78 Å². The maximum Gasteiger partial charge on any atom is 0.338 e. The van der Waals surface area contributed by atoms with Gasteiger partial charge < -0.3 is 9.72 Å². The summed E-state index contributed by atoms with van der Waals surface area (Å²) in [6, 6.07) is 5.39. The lowest BCUT2D eigenvalue weighted by molar-refractivity contribution is 0.0603. The Balaban J connectivity index is 2.32. The van der Waals surface area contributed by atoms with Crippen LogP contribution in [0, 0.1) is 5.92 Å². The normalized spacial score (nSPS) is 18.4. The zero-order chi connectivity index (χ0) is 13.6. The van der Waals surface area contributed by atoms with Gasteiger partial charge in [0.15, 0.2) is 5.78 Å². The first-order valence-electron chi connectivity index (χ1n) is 6.37. The van der Waals surface area contributed by atoms with Gasteiger partial charge in [-0.05, 0) is 24.5 Å². The predicted octanol–water partition coefficient (Wildman–Crippen LogP) is 2.72. The molecule has 1 heterocycles. The first-order valence-corrected chi connectivity index (χ1v) is 6.37. The van der Waals surface area contributed by atoms with E-state index in [1.807, 2.05) is 6.07 Å². The Bertz CT molecular complexity index is 684. The van der Waals surface area contributed by atoms with Crippen LogP contribution in [0.5, 0.6) is 0 Å². The van der Waals surface area contributed by atoms with E-state index in [4.69, 9.17) is 4.74 Å². The van der Waals surface area contributed by atoms with E-state index in [0.717, 1.165) is 17.6 Å². The summed E-state index contributed by atoms with van der Waals surface area (Å²) in [6.45, 7) is 2.06. The fraction of sp³-hybridized carbons (Fsp3) is 0.333. The van der Waals surface area contributed by atoms with Gasteiger partial charge in [-0.15, -0.1) is 0 Å². The molecule has 1 aliphatic carbocycles. The van der Waals surface area contributed by atoms with Gasteiger partial charge in [0.1, 0.15) is 0 Å². The van der Waals surface area contributed by atoms with Crippen LogP contribution in [0.2, 0.25) is 0 Å². The number of aromatic nitrogens is 1. The number of H-pyrrole nitrogens is 1. The second kappa shape index (κ2) is 4.23. The average Bonchev–Trinajstić information content (AvgIpc) is 2.75. The number of benzene rings is 1. The molecule has 1 aliphatic rings. The average molecular weight is 257 g/mol. The molecule has 0 amide bonds. The molecule has 0 spiro atoms. The molecule has 0 saturated carbocycles. The van der Waals surface area contributed by atoms with Crippen molar-refractivity contribution < 1.29 is 14.3 Å². The first-order chi connectivity index (χ1) is 9.11. The third-order valence-electron chi connectivity index (χ3n) is 3.67. The second-order valence-corrected chi connectivity index (χ2v) is 5.13. The molecule has 98 valence electrons. The SMILES string of the molecule is COC(=O)c1cccc2[nH]c3c(c12)C(=O)CC(C)C3. The molecule has 0 saturated heterocycles. The number of methoxy groups -OCH3 is 1. The van der Waals surface area contributed by atoms with Crippen LogP contribution in [-0.2, 0) is 11.2 Å². The number of ketones is 1. The molecule has 4 heteroatoms. The summed E-state index contributed by atoms with van der Waals surface area (Å²) in [5, 5.41) is 0.709. The van der Waals surface area contributed by atoms with Crippen molar-refractivity contribution in [2.24, 2.45) is 5.92 Å². The van der Waals surface area contributed by atoms with E-state index in [1.165, 1.54) is 7.11 Å². The minimum absolute atomic E-state index is 0.108. The third kappa shape index (κ3) is 1.75. The molecular formula is C15H15NO3. The Morgan fingerprint density at radius 3 is 2.89 bits per heavy atom. The van der Waals surface area contributed by atoms with Crippen LogP contribution in [0.25, 0.3) is 10.9 Å². The van der Waals surface area contributed by atoms with Crippen LogP contribution < -0.4 is 0 Å². The summed E-state index contributed by atoms with van der Waals surface area (Å²) < 4.78 is 4.80. The molecule has 0 bridgehead atoms. The summed E-state index contributed by atoms with van der Waals surface area (Å²) in [5.41, 5.74) is 2.90. The Morgan fingerprint density at radius 2 is 2.16 bits per heavy atom. The van der Waals surface area contributed by atoms with Crippen molar-refractivity contribution in [2.75, 3.05) is 7.11 Å². The van der Waals surface area contributed by atoms with E-state index in [1.54, 1.807) is 12.1 Å². The zero-order valence-electron chi connectivity index (χ0n) is 10.9. The maximum absolute atomic E-state index is 12.3. The quantitative estimate of drug-likeness (QED) is 0.799. The first kappa shape index (κ1) is 12.0. The molecule has 1 aromatic heterocycles. The van der Waals surface area contributed by atoms with E-state index < -0.39 is 5.97 Å². The van der Waals surface area contributed by atoms with Gasteiger partial charge in [-0.1, -0.05) is 13.0 Å². The fourth-order valence-electron chi connectivity index (χ4n) is 2.88. The zero-order valence-corrected chi connectivity index (χ0v) is 10.9. The molecule has 3 rings (SSSR count). The van der Waals surface area contributed by atoms with Gasteiger partial charge in [0.25, 0.3) is 0 Å². The van der Waals surface area contributed by atoms with Crippen LogP contribution in [0.1, 0.15) is 39.8 Å². The van der Waals surface area contributed by atoms with Crippen LogP contribution in [0.3, 0.4) is 0 Å². The molecule has 0 aliphatic heterocycles. The molecule has 2 aromatic rings. The number of hydrogen-bond acceptors (Lipinski definition) is 3. The maximum atomic E-state index is 12.3. The van der Waals surface area contributed by atoms with Crippen molar-refractivity contribution in [3.05, 3.63) is 35.0 Å². The number of esters is 1. The van der Waals surface area contributed by atoms with Gasteiger partial charge >= 0.3 is 5.97 Å². The van der Waals surface area contributed by atoms with Crippen LogP contribution in [0.4, 0.5) is 0 Å². The van der Waals surface area contributed by atoms with Crippen LogP contribution in [-0.4, -0.2) is 23.8 Å². The van der Waals surface area contributed by atoms with Gasteiger partial charge in [-0.2, -0.15) is 0 Å². The number of ether oxygens (including phenoxy) is 1. The molecule has 1 unspecified atom stereocenters. The number of fused-ring (bicyclic) bond motifs is 3. The smallest absolute Gasteiger partial charge is 0.338 e. The highest BCUT2D eigenvalue weighted by atomic mass is 16.5. The Morgan fingerprint density at radius 1 is 1.37 bits per heavy atom. The number of aromatic amines is 1. The van der Waals surface area contributed by atoms with Crippen LogP contribution >= 0.6 is 0 Å². The minimum Gasteiger partial charge on any atom is -0.465 e. The highest BCUT2D eigenvalue weighted by Gasteiger charge is 2.28. The molecule has 0 fully saturated rings. The monoisotopic (exact) mass is 257 g/mol. The summed E-state index contributed by atoms with van der Waals surface area (Å²) in [6.07, 6.45) is 1.38. The van der Waals surface area contributed by atoms with Crippen molar-refractivity contribution in [1.82, 2.24) is 4.98 Å². The number of hydrogen-bond donors (Lipinski definition) is 1. The number of rotatable bonds is 1. The van der Waals surface area contributed by atoms with E-state index >= 15 is 0 Å². The molecule has 0 radical (unpaired) electrons. The highest BCUT2D eigenvalue weighted by molar-refractivity contribution is 6.16. The standard InChI is InChI=1S/C15H15NO3/c1-8-6-11-14(12(17)7-8)13-9(15(18)19-2)4-3-5-10(13)16-11/h3-5,8,16H,6-7H2,1-2H3. The van der Waals surface area contributed by atoms with E-state index in [9.17, 15) is 9.59 Å². The van der Waals surface area contributed by atoms with Crippen LogP contribution in [0.15, 0.2) is 18.2 Å². The molecule has 4 nitrogen and oxygen atoms in total. The van der Waals surface area contributed by atoms with Gasteiger partial charge in [0.05, 0.1) is 12.7 Å². The molecule has 1 aromatic carbocycles. The molecular weight excluding hydrogens is 242 g/mol. The van der Waals surface area contributed by atoms with Gasteiger partial charge in [0.2, 0.25) is 0 Å². The number of Topliss-reactive ketones (excluding diaryl/α,β-unsaturated/α-hetero) is 1. The van der Waals surface area contributed by atoms with Crippen molar-refractivity contribution in [1.29, 1.82) is 0 Å². The highest BCUT2D eigenvalue weighted by Crippen LogP contribution is 2.33. The van der Waals surface area contributed by atoms with E-state index in [2.05, 4.69) is 11.9 Å². The summed E-state index contributed by atoms with van der Waals surface area (Å²) >= 11 is 0. The fourth-order valence-corrected chi connectivity index (χ4v) is 2.88. The van der Waals surface area contributed by atoms with E-state index in [0.29, 0.717) is 28.9 Å². The molecule has 1 N–H and O–H groups in total. The van der Waals surface area contributed by atoms with Gasteiger partial charge in [-0.25, -0.2) is 4.79 Å². The summed E-state index contributed by atoms with van der Waals surface area (Å²) in [5.74, 6) is 0.0461. The molecule has 1 atom stereocenters. The number of carbonyl (C=O) groups excluding carboxylic acids is 2. The minimum atomic E-state index is -0.404. The lowest BCUT2D eigenvalue weighted by atomic mass is 9.86. The number of carbonyl (C=O) groups is 2. The van der Waals surface area contributed by atoms with Gasteiger partial charge in [0, 0.05) is 28.6 Å². The Labute approximate surface area is 110 Å². The van der Waals surface area contributed by atoms with Crippen molar-refractivity contribution in [3.8, 4) is 0 Å². The van der Waals surface area contributed by atoms with Crippen molar-refractivity contribution in [2.45, 2.75) is 19.8 Å². The second-order valence-electron chi connectivity index (χ2n) is 5.13. The van der Waals surface area contributed by atoms with Gasteiger partial charge in [-0.3, -0.25) is 4.79 Å². The number of nitrogens with one attached hydrogen (secondary N) is 1. The van der Waals surface area contributed by atoms with Crippen molar-refractivity contribution >= 4 is 22.7 Å². The topological polar surface area (TPSA) is 59.2 Å².